The van der Waals surface area contributed by atoms with E-state index < -0.39 is 0 Å². The van der Waals surface area contributed by atoms with Gasteiger partial charge in [-0.15, -0.1) is 15.3 Å². The van der Waals surface area contributed by atoms with E-state index in [0.29, 0.717) is 16.9 Å². The fourth-order valence-electron chi connectivity index (χ4n) is 3.53. The summed E-state index contributed by atoms with van der Waals surface area (Å²) < 4.78 is 3.34. The van der Waals surface area contributed by atoms with E-state index in [-0.39, 0.29) is 11.6 Å². The van der Waals surface area contributed by atoms with E-state index in [4.69, 9.17) is 0 Å². The van der Waals surface area contributed by atoms with Gasteiger partial charge < -0.3 is 9.80 Å². The van der Waals surface area contributed by atoms with E-state index in [1.807, 2.05) is 31.0 Å². The van der Waals surface area contributed by atoms with Crippen LogP contribution in [0, 0.1) is 6.92 Å². The largest absolute Gasteiger partial charge is 0.351 e. The molecule has 142 valence electrons. The van der Waals surface area contributed by atoms with Crippen LogP contribution in [-0.4, -0.2) is 60.5 Å². The summed E-state index contributed by atoms with van der Waals surface area (Å²) in [5, 5.41) is 13.3. The normalized spacial score (nSPS) is 14.6. The smallest absolute Gasteiger partial charge is 0.262 e. The molecule has 5 rings (SSSR count). The molecule has 0 atom stereocenters. The Bertz CT molecular complexity index is 1260. The molecule has 4 aromatic heterocycles. The van der Waals surface area contributed by atoms with Gasteiger partial charge in [0.2, 0.25) is 5.95 Å². The average Bonchev–Trinajstić information content (AvgIpc) is 3.04. The first-order chi connectivity index (χ1) is 13.5. The highest BCUT2D eigenvalue weighted by Crippen LogP contribution is 2.24. The molecule has 1 fully saturated rings. The van der Waals surface area contributed by atoms with Crippen LogP contribution in [0.25, 0.3) is 16.6 Å². The quantitative estimate of drug-likeness (QED) is 0.506. The Morgan fingerprint density at radius 1 is 1.18 bits per heavy atom. The number of hydrogen-bond donors (Lipinski definition) is 0. The first kappa shape index (κ1) is 16.6. The lowest BCUT2D eigenvalue weighted by Gasteiger charge is -2.45. The van der Waals surface area contributed by atoms with E-state index in [0.717, 1.165) is 30.4 Å². The highest BCUT2D eigenvalue weighted by molar-refractivity contribution is 5.77. The van der Waals surface area contributed by atoms with Crippen molar-refractivity contribution >= 4 is 28.3 Å². The molecule has 1 aliphatic rings. The average molecular weight is 377 g/mol. The number of aromatic nitrogens is 7. The van der Waals surface area contributed by atoms with Gasteiger partial charge in [0.25, 0.3) is 5.56 Å². The maximum Gasteiger partial charge on any atom is 0.262 e. The molecule has 0 amide bonds. The minimum absolute atomic E-state index is 0.0689. The minimum Gasteiger partial charge on any atom is -0.351 e. The van der Waals surface area contributed by atoms with Gasteiger partial charge in [-0.2, -0.15) is 4.52 Å². The highest BCUT2D eigenvalue weighted by atomic mass is 16.1. The predicted octanol–water partition coefficient (Wildman–Crippen LogP) is 0.400. The Kier molecular flexibility index (Phi) is 3.54. The maximum absolute atomic E-state index is 12.6. The summed E-state index contributed by atoms with van der Waals surface area (Å²) >= 11 is 0. The van der Waals surface area contributed by atoms with Gasteiger partial charge in [-0.25, -0.2) is 4.98 Å². The van der Waals surface area contributed by atoms with Gasteiger partial charge >= 0.3 is 0 Å². The van der Waals surface area contributed by atoms with E-state index in [2.05, 4.69) is 30.2 Å². The summed E-state index contributed by atoms with van der Waals surface area (Å²) in [6, 6.07) is 5.80. The van der Waals surface area contributed by atoms with Gasteiger partial charge in [-0.3, -0.25) is 14.3 Å². The number of rotatable bonds is 3. The van der Waals surface area contributed by atoms with E-state index in [1.165, 1.54) is 0 Å². The Morgan fingerprint density at radius 3 is 2.82 bits per heavy atom. The molecular formula is C18H19N9O. The van der Waals surface area contributed by atoms with Crippen LogP contribution in [0.2, 0.25) is 0 Å². The molecule has 0 bridgehead atoms. The minimum atomic E-state index is -0.0689. The van der Waals surface area contributed by atoms with Crippen molar-refractivity contribution in [1.82, 2.24) is 34.3 Å². The first-order valence-electron chi connectivity index (χ1n) is 9.00. The summed E-state index contributed by atoms with van der Waals surface area (Å²) in [6.07, 6.45) is 3.24. The number of anilines is 2. The third-order valence-electron chi connectivity index (χ3n) is 5.31. The summed E-state index contributed by atoms with van der Waals surface area (Å²) in [7, 11) is 3.72. The molecule has 0 aliphatic carbocycles. The Labute approximate surface area is 160 Å². The zero-order valence-corrected chi connectivity index (χ0v) is 15.8. The molecule has 0 radical (unpaired) electrons. The molecular weight excluding hydrogens is 358 g/mol. The van der Waals surface area contributed by atoms with E-state index >= 15 is 0 Å². The monoisotopic (exact) mass is 377 g/mol. The molecule has 1 saturated heterocycles. The molecule has 0 unspecified atom stereocenters. The molecule has 10 nitrogen and oxygen atoms in total. The Hall–Kier alpha value is -3.56. The number of pyridine rings is 1. The molecule has 1 aliphatic heterocycles. The SMILES string of the molecule is Cc1nnc2ccc(N3CC(N(C)c4nc5cnccc5c(=O)n4C)C3)nn12. The van der Waals surface area contributed by atoms with Gasteiger partial charge in [0.1, 0.15) is 5.82 Å². The molecule has 28 heavy (non-hydrogen) atoms. The van der Waals surface area contributed by atoms with Crippen LogP contribution in [0.3, 0.4) is 0 Å². The molecule has 4 aromatic rings. The van der Waals surface area contributed by atoms with Crippen molar-refractivity contribution < 1.29 is 0 Å². The van der Waals surface area contributed by atoms with Crippen LogP contribution >= 0.6 is 0 Å². The second kappa shape index (κ2) is 5.98. The topological polar surface area (TPSA) is 97.3 Å². The zero-order chi connectivity index (χ0) is 19.4. The Morgan fingerprint density at radius 2 is 2.00 bits per heavy atom. The van der Waals surface area contributed by atoms with Gasteiger partial charge in [-0.1, -0.05) is 0 Å². The third-order valence-corrected chi connectivity index (χ3v) is 5.31. The number of fused-ring (bicyclic) bond motifs is 2. The molecule has 5 heterocycles. The molecule has 0 saturated carbocycles. The second-order valence-electron chi connectivity index (χ2n) is 7.05. The van der Waals surface area contributed by atoms with E-state index in [1.54, 1.807) is 34.6 Å². The van der Waals surface area contributed by atoms with Gasteiger partial charge in [0.05, 0.1) is 23.1 Å². The lowest BCUT2D eigenvalue weighted by atomic mass is 10.1. The summed E-state index contributed by atoms with van der Waals surface area (Å²) in [4.78, 5) is 25.6. The van der Waals surface area contributed by atoms with E-state index in [9.17, 15) is 4.79 Å². The van der Waals surface area contributed by atoms with Gasteiger partial charge in [0.15, 0.2) is 11.5 Å². The van der Waals surface area contributed by atoms with Crippen molar-refractivity contribution in [2.75, 3.05) is 29.9 Å². The summed E-state index contributed by atoms with van der Waals surface area (Å²) in [5.74, 6) is 2.27. The lowest BCUT2D eigenvalue weighted by Crippen LogP contribution is -2.60. The number of likely N-dealkylation sites (N-methyl/N-ethyl adjacent to an activating group) is 1. The zero-order valence-electron chi connectivity index (χ0n) is 15.8. The van der Waals surface area contributed by atoms with Crippen molar-refractivity contribution in [1.29, 1.82) is 0 Å². The van der Waals surface area contributed by atoms with Gasteiger partial charge in [-0.05, 0) is 25.1 Å². The maximum atomic E-state index is 12.6. The molecule has 10 heteroatoms. The van der Waals surface area contributed by atoms with Crippen molar-refractivity contribution in [3.05, 3.63) is 46.8 Å². The molecule has 0 N–H and O–H groups in total. The van der Waals surface area contributed by atoms with Gasteiger partial charge in [0, 0.05) is 33.4 Å². The van der Waals surface area contributed by atoms with Crippen LogP contribution in [0.1, 0.15) is 5.82 Å². The lowest BCUT2D eigenvalue weighted by molar-refractivity contribution is 0.479. The van der Waals surface area contributed by atoms with Crippen LogP contribution in [0.5, 0.6) is 0 Å². The molecule has 0 aromatic carbocycles. The van der Waals surface area contributed by atoms with Crippen molar-refractivity contribution in [2.24, 2.45) is 7.05 Å². The summed E-state index contributed by atoms with van der Waals surface area (Å²) in [5.41, 5.74) is 1.28. The predicted molar refractivity (Wildman–Crippen MR) is 105 cm³/mol. The van der Waals surface area contributed by atoms with Crippen LogP contribution in [-0.2, 0) is 7.05 Å². The Balaban J connectivity index is 1.40. The number of hydrogen-bond acceptors (Lipinski definition) is 8. The third kappa shape index (κ3) is 2.41. The second-order valence-corrected chi connectivity index (χ2v) is 7.05. The first-order valence-corrected chi connectivity index (χ1v) is 9.00. The summed E-state index contributed by atoms with van der Waals surface area (Å²) in [6.45, 7) is 3.46. The fourth-order valence-corrected chi connectivity index (χ4v) is 3.53. The standard InChI is InChI=1S/C18H19N9O/c1-11-21-22-15-4-5-16(23-27(11)15)26-9-12(10-26)24(2)18-20-14-8-19-7-6-13(14)17(28)25(18)3/h4-8,12H,9-10H2,1-3H3. The van der Waals surface area contributed by atoms with Crippen molar-refractivity contribution in [2.45, 2.75) is 13.0 Å². The fraction of sp³-hybridized carbons (Fsp3) is 0.333. The van der Waals surface area contributed by atoms with Crippen molar-refractivity contribution in [3.8, 4) is 0 Å². The molecule has 0 spiro atoms. The van der Waals surface area contributed by atoms with Crippen LogP contribution in [0.15, 0.2) is 35.4 Å². The van der Waals surface area contributed by atoms with Crippen molar-refractivity contribution in [3.63, 3.8) is 0 Å². The number of nitrogens with zero attached hydrogens (tertiary/aromatic N) is 9. The highest BCUT2D eigenvalue weighted by Gasteiger charge is 2.33. The number of aryl methyl sites for hydroxylation is 1. The van der Waals surface area contributed by atoms with Crippen LogP contribution in [0.4, 0.5) is 11.8 Å². The van der Waals surface area contributed by atoms with Crippen LogP contribution < -0.4 is 15.4 Å².